The normalized spacial score (nSPS) is 23.0. The van der Waals surface area contributed by atoms with Crippen LogP contribution in [0.4, 0.5) is 13.8 Å². The summed E-state index contributed by atoms with van der Waals surface area (Å²) in [6.07, 6.45) is 4.47. The van der Waals surface area contributed by atoms with E-state index in [2.05, 4.69) is 14.4 Å². The summed E-state index contributed by atoms with van der Waals surface area (Å²) in [6, 6.07) is 2.63. The summed E-state index contributed by atoms with van der Waals surface area (Å²) >= 11 is 0.988. The average Bonchev–Trinajstić information content (AvgIpc) is 3.10. The molecule has 0 bridgehead atoms. The van der Waals surface area contributed by atoms with Crippen molar-refractivity contribution in [2.45, 2.75) is 56.1 Å². The van der Waals surface area contributed by atoms with Crippen LogP contribution < -0.4 is 10.0 Å². The average molecular weight is 601 g/mol. The zero-order valence-corrected chi connectivity index (χ0v) is 23.2. The molecule has 1 aromatic heterocycles. The number of halogens is 2. The van der Waals surface area contributed by atoms with Gasteiger partial charge in [0.1, 0.15) is 32.9 Å². The molecule has 1 saturated carbocycles. The highest BCUT2D eigenvalue weighted by molar-refractivity contribution is 7.91. The van der Waals surface area contributed by atoms with Crippen molar-refractivity contribution in [1.29, 1.82) is 0 Å². The molecule has 0 unspecified atom stereocenters. The molecule has 3 N–H and O–H groups in total. The van der Waals surface area contributed by atoms with Gasteiger partial charge in [-0.1, -0.05) is 25.3 Å². The molecule has 2 aliphatic heterocycles. The van der Waals surface area contributed by atoms with Gasteiger partial charge in [-0.3, -0.25) is 4.79 Å². The first kappa shape index (κ1) is 27.7. The molecule has 1 fully saturated rings. The molecule has 0 saturated heterocycles. The minimum Gasteiger partial charge on any atom is -0.511 e. The number of carbonyl (C=O) groups is 1. The summed E-state index contributed by atoms with van der Waals surface area (Å²) in [5.74, 6) is -3.45. The summed E-state index contributed by atoms with van der Waals surface area (Å²) in [6.45, 7) is -0.474. The van der Waals surface area contributed by atoms with Crippen molar-refractivity contribution in [3.05, 3.63) is 57.7 Å². The number of sulfonamides is 2. The number of aliphatic hydroxyl groups is 1. The smallest absolute Gasteiger partial charge is 0.287 e. The number of nitrogens with one attached hydrogen (secondary N) is 2. The second-order valence-electron chi connectivity index (χ2n) is 9.79. The van der Waals surface area contributed by atoms with Crippen molar-refractivity contribution in [1.82, 2.24) is 9.62 Å². The predicted octanol–water partition coefficient (Wildman–Crippen LogP) is 3.39. The Labute approximate surface area is 228 Å². The Balaban J connectivity index is 1.54. The molecular weight excluding hydrogens is 574 g/mol. The van der Waals surface area contributed by atoms with Crippen molar-refractivity contribution in [3.8, 4) is 0 Å². The van der Waals surface area contributed by atoms with Gasteiger partial charge in [0.25, 0.3) is 15.9 Å². The molecule has 0 spiro atoms. The highest BCUT2D eigenvalue weighted by Crippen LogP contribution is 2.42. The molecule has 0 radical (unpaired) electrons. The lowest BCUT2D eigenvalue weighted by molar-refractivity contribution is -0.132. The minimum atomic E-state index is -4.38. The quantitative estimate of drug-likeness (QED) is 0.461. The number of amidine groups is 1. The summed E-state index contributed by atoms with van der Waals surface area (Å²) in [5, 5.41) is 15.7. The monoisotopic (exact) mass is 600 g/mol. The Bertz CT molecular complexity index is 1620. The Hall–Kier alpha value is -2.88. The third-order valence-corrected chi connectivity index (χ3v) is 10.2. The van der Waals surface area contributed by atoms with Gasteiger partial charge < -0.3 is 15.3 Å². The van der Waals surface area contributed by atoms with Gasteiger partial charge >= 0.3 is 0 Å². The largest absolute Gasteiger partial charge is 0.511 e. The molecular formula is C24H26F2N4O6S3. The van der Waals surface area contributed by atoms with E-state index in [1.807, 2.05) is 0 Å². The van der Waals surface area contributed by atoms with E-state index in [1.54, 1.807) is 0 Å². The van der Waals surface area contributed by atoms with Gasteiger partial charge in [-0.2, -0.15) is 8.42 Å². The highest BCUT2D eigenvalue weighted by Gasteiger charge is 2.45. The van der Waals surface area contributed by atoms with Crippen LogP contribution in [-0.2, 0) is 37.9 Å². The van der Waals surface area contributed by atoms with Crippen LogP contribution in [0.1, 0.15) is 43.2 Å². The standard InChI is InChI=1S/C24H26F2N4O6S3/c1-38(33,34)27-10-14-12-37-23-21(14)39(35,36)29-22(28-23)19-20(31)16-5-3-2-4-6-18(16)30(24(19)32)11-13-7-8-15(25)9-17(13)26/h7-9,12,16,18,27,31H,2-6,10-11H2,1H3,(H,28,29)/t16-,18+/m1/s1. The van der Waals surface area contributed by atoms with E-state index >= 15 is 0 Å². The van der Waals surface area contributed by atoms with Gasteiger partial charge in [0.15, 0.2) is 5.84 Å². The van der Waals surface area contributed by atoms with Crippen LogP contribution in [0.15, 0.2) is 44.2 Å². The van der Waals surface area contributed by atoms with Gasteiger partial charge in [0, 0.05) is 42.2 Å². The van der Waals surface area contributed by atoms with Gasteiger partial charge in [-0.15, -0.1) is 15.7 Å². The van der Waals surface area contributed by atoms with Gasteiger partial charge in [-0.05, 0) is 24.3 Å². The number of aliphatic hydroxyl groups excluding tert-OH is 1. The molecule has 1 amide bonds. The third kappa shape index (κ3) is 5.44. The Morgan fingerprint density at radius 2 is 1.95 bits per heavy atom. The van der Waals surface area contributed by atoms with Crippen LogP contribution in [0, 0.1) is 17.6 Å². The fraction of sp³-hybridized carbons (Fsp3) is 0.417. The zero-order chi connectivity index (χ0) is 28.1. The number of anilines is 1. The highest BCUT2D eigenvalue weighted by atomic mass is 32.2. The SMILES string of the molecule is CS(=O)(=O)NCc1csc2c1S(=O)(=O)N=C(C1=C(O)[C@@H]3CCCCC[C@@H]3N(Cc3ccc(F)cc3F)C1=O)N2. The lowest BCUT2D eigenvalue weighted by atomic mass is 9.84. The first-order chi connectivity index (χ1) is 18.4. The number of fused-ring (bicyclic) bond motifs is 2. The lowest BCUT2D eigenvalue weighted by Gasteiger charge is -2.41. The summed E-state index contributed by atoms with van der Waals surface area (Å²) in [7, 11) is -7.98. The van der Waals surface area contributed by atoms with Gasteiger partial charge in [-0.25, -0.2) is 21.9 Å². The summed E-state index contributed by atoms with van der Waals surface area (Å²) in [4.78, 5) is 15.0. The van der Waals surface area contributed by atoms with Crippen LogP contribution in [0.25, 0.3) is 0 Å². The number of benzene rings is 1. The first-order valence-electron chi connectivity index (χ1n) is 12.2. The Kier molecular flexibility index (Phi) is 7.28. The molecule has 1 aliphatic carbocycles. The number of carbonyl (C=O) groups excluding carboxylic acids is 1. The van der Waals surface area contributed by atoms with E-state index in [0.717, 1.165) is 49.0 Å². The maximum atomic E-state index is 14.6. The number of hydrogen-bond donors (Lipinski definition) is 3. The number of amides is 1. The Morgan fingerprint density at radius 3 is 2.67 bits per heavy atom. The Morgan fingerprint density at radius 1 is 1.21 bits per heavy atom. The van der Waals surface area contributed by atoms with Crippen LogP contribution in [0.2, 0.25) is 0 Å². The van der Waals surface area contributed by atoms with Crippen LogP contribution in [0.3, 0.4) is 0 Å². The number of hydrogen-bond acceptors (Lipinski definition) is 8. The second-order valence-corrected chi connectivity index (χ2v) is 14.0. The van der Waals surface area contributed by atoms with Gasteiger partial charge in [0.2, 0.25) is 10.0 Å². The lowest BCUT2D eigenvalue weighted by Crippen LogP contribution is -2.51. The third-order valence-electron chi connectivity index (χ3n) is 7.10. The molecule has 3 aliphatic rings. The maximum absolute atomic E-state index is 14.6. The van der Waals surface area contributed by atoms with E-state index in [9.17, 15) is 35.5 Å². The van der Waals surface area contributed by atoms with E-state index in [4.69, 9.17) is 0 Å². The van der Waals surface area contributed by atoms with Crippen molar-refractivity contribution in [2.75, 3.05) is 11.6 Å². The van der Waals surface area contributed by atoms with Crippen LogP contribution >= 0.6 is 11.3 Å². The number of rotatable bonds is 6. The van der Waals surface area contributed by atoms with Crippen molar-refractivity contribution in [2.24, 2.45) is 10.3 Å². The molecule has 2 atom stereocenters. The molecule has 39 heavy (non-hydrogen) atoms. The molecule has 1 aromatic carbocycles. The van der Waals surface area contributed by atoms with E-state index in [1.165, 1.54) is 16.3 Å². The number of nitrogens with zero attached hydrogens (tertiary/aromatic N) is 2. The van der Waals surface area contributed by atoms with E-state index in [0.29, 0.717) is 12.8 Å². The summed E-state index contributed by atoms with van der Waals surface area (Å²) < 4.78 is 83.6. The van der Waals surface area contributed by atoms with Crippen LogP contribution in [0.5, 0.6) is 0 Å². The van der Waals surface area contributed by atoms with Crippen molar-refractivity contribution < 1.29 is 35.5 Å². The van der Waals surface area contributed by atoms with E-state index in [-0.39, 0.29) is 51.3 Å². The molecule has 210 valence electrons. The molecule has 15 heteroatoms. The topological polar surface area (TPSA) is 145 Å². The number of thiophene rings is 1. The minimum absolute atomic E-state index is 0.0863. The maximum Gasteiger partial charge on any atom is 0.287 e. The second kappa shape index (κ2) is 10.3. The fourth-order valence-electron chi connectivity index (χ4n) is 5.30. The van der Waals surface area contributed by atoms with Crippen molar-refractivity contribution in [3.63, 3.8) is 0 Å². The van der Waals surface area contributed by atoms with Crippen molar-refractivity contribution >= 4 is 48.1 Å². The van der Waals surface area contributed by atoms with Gasteiger partial charge in [0.05, 0.1) is 6.26 Å². The van der Waals surface area contributed by atoms with E-state index < -0.39 is 49.5 Å². The first-order valence-corrected chi connectivity index (χ1v) is 16.4. The fourth-order valence-corrected chi connectivity index (χ4v) is 8.33. The molecule has 2 aromatic rings. The summed E-state index contributed by atoms with van der Waals surface area (Å²) in [5.41, 5.74) is -0.0524. The molecule has 3 heterocycles. The molecule has 10 nitrogen and oxygen atoms in total. The zero-order valence-electron chi connectivity index (χ0n) is 20.8. The molecule has 5 rings (SSSR count). The predicted molar refractivity (Wildman–Crippen MR) is 141 cm³/mol. The van der Waals surface area contributed by atoms with Crippen LogP contribution in [-0.4, -0.2) is 50.9 Å².